The van der Waals surface area contributed by atoms with E-state index in [0.717, 1.165) is 69.8 Å². The largest absolute Gasteiger partial charge is 0.546 e. The fraction of sp³-hybridized carbons (Fsp3) is 0.700. The molecule has 2 aliphatic rings. The number of nitrogens with two attached hydrogens (primary N) is 3. The maximum atomic E-state index is 10.7. The molecule has 0 bridgehead atoms. The number of benzene rings is 1. The SMILES string of the molecule is CCCCC[C@H](O)CC[C@@H]1[C@H]2Cc3cccc(OCC(=O)[O-])c3C[C@H]2C[C@H]1O.NC(=[NH2+])CCCC[C@H](N)C(=O)OO. The first-order valence-corrected chi connectivity index (χ1v) is 14.8. The van der Waals surface area contributed by atoms with Crippen molar-refractivity contribution in [3.8, 4) is 5.75 Å². The molecule has 1 aromatic rings. The third-order valence-corrected chi connectivity index (χ3v) is 8.29. The summed E-state index contributed by atoms with van der Waals surface area (Å²) in [5, 5.41) is 44.9. The van der Waals surface area contributed by atoms with E-state index in [1.807, 2.05) is 12.1 Å². The molecule has 232 valence electrons. The predicted octanol–water partition coefficient (Wildman–Crippen LogP) is 0.255. The highest BCUT2D eigenvalue weighted by atomic mass is 17.1. The van der Waals surface area contributed by atoms with Crippen molar-refractivity contribution in [3.05, 3.63) is 29.3 Å². The molecule has 41 heavy (non-hydrogen) atoms. The van der Waals surface area contributed by atoms with E-state index in [4.69, 9.17) is 26.9 Å². The van der Waals surface area contributed by atoms with Crippen LogP contribution in [0.2, 0.25) is 0 Å². The number of carbonyl (C=O) groups is 2. The van der Waals surface area contributed by atoms with E-state index in [2.05, 4.69) is 17.9 Å². The molecule has 0 aliphatic heterocycles. The number of unbranched alkanes of at least 4 members (excludes halogenated alkanes) is 3. The van der Waals surface area contributed by atoms with Gasteiger partial charge in [-0.1, -0.05) is 44.7 Å². The van der Waals surface area contributed by atoms with Crippen LogP contribution in [0.5, 0.6) is 5.75 Å². The number of carboxylic acid groups (broad SMARTS) is 1. The second-order valence-electron chi connectivity index (χ2n) is 11.4. The molecular weight excluding hydrogens is 530 g/mol. The van der Waals surface area contributed by atoms with Crippen LogP contribution in [0.4, 0.5) is 0 Å². The highest BCUT2D eigenvalue weighted by Gasteiger charge is 2.44. The van der Waals surface area contributed by atoms with Crippen molar-refractivity contribution in [2.75, 3.05) is 6.61 Å². The van der Waals surface area contributed by atoms with Gasteiger partial charge < -0.3 is 30.6 Å². The van der Waals surface area contributed by atoms with Gasteiger partial charge in [0.2, 0.25) is 5.84 Å². The third kappa shape index (κ3) is 11.6. The average molecular weight is 580 g/mol. The van der Waals surface area contributed by atoms with Gasteiger partial charge in [0.15, 0.2) is 0 Å². The van der Waals surface area contributed by atoms with Gasteiger partial charge in [-0.15, -0.1) is 0 Å². The van der Waals surface area contributed by atoms with Gasteiger partial charge in [-0.2, -0.15) is 5.26 Å². The Morgan fingerprint density at radius 2 is 1.88 bits per heavy atom. The van der Waals surface area contributed by atoms with E-state index in [0.29, 0.717) is 42.7 Å². The first-order valence-electron chi connectivity index (χ1n) is 14.8. The van der Waals surface area contributed by atoms with Crippen molar-refractivity contribution >= 4 is 17.8 Å². The second-order valence-corrected chi connectivity index (χ2v) is 11.4. The van der Waals surface area contributed by atoms with Crippen LogP contribution in [-0.2, 0) is 27.3 Å². The van der Waals surface area contributed by atoms with Crippen LogP contribution < -0.4 is 26.7 Å². The molecule has 0 aromatic heterocycles. The van der Waals surface area contributed by atoms with Crippen molar-refractivity contribution < 1.29 is 45.2 Å². The molecule has 11 heteroatoms. The molecule has 0 heterocycles. The minimum atomic E-state index is -1.22. The van der Waals surface area contributed by atoms with Crippen LogP contribution in [0, 0.1) is 17.8 Å². The highest BCUT2D eigenvalue weighted by molar-refractivity contribution is 5.75. The summed E-state index contributed by atoms with van der Waals surface area (Å²) in [5.74, 6) is -0.00137. The molecule has 9 N–H and O–H groups in total. The van der Waals surface area contributed by atoms with E-state index in [-0.39, 0.29) is 18.1 Å². The normalized spacial score (nSPS) is 22.4. The molecule has 1 saturated carbocycles. The number of carbonyl (C=O) groups excluding carboxylic acids is 2. The molecule has 3 rings (SSSR count). The Bertz CT molecular complexity index is 975. The van der Waals surface area contributed by atoms with Crippen molar-refractivity contribution in [2.45, 2.75) is 109 Å². The fourth-order valence-electron chi connectivity index (χ4n) is 6.11. The molecule has 0 unspecified atom stereocenters. The zero-order chi connectivity index (χ0) is 30.4. The van der Waals surface area contributed by atoms with Gasteiger partial charge in [-0.05, 0) is 86.3 Å². The van der Waals surface area contributed by atoms with Crippen LogP contribution in [0.3, 0.4) is 0 Å². The molecule has 2 aliphatic carbocycles. The zero-order valence-corrected chi connectivity index (χ0v) is 24.2. The van der Waals surface area contributed by atoms with Gasteiger partial charge in [0.25, 0.3) is 0 Å². The number of aliphatic carboxylic acids is 1. The summed E-state index contributed by atoms with van der Waals surface area (Å²) in [7, 11) is 0. The molecule has 11 nitrogen and oxygen atoms in total. The summed E-state index contributed by atoms with van der Waals surface area (Å²) in [5.41, 5.74) is 12.8. The second kappa shape index (κ2) is 17.9. The number of amidine groups is 1. The Kier molecular flexibility index (Phi) is 15.1. The van der Waals surface area contributed by atoms with E-state index in [9.17, 15) is 24.9 Å². The average Bonchev–Trinajstić information content (AvgIpc) is 3.25. The molecule has 0 radical (unpaired) electrons. The summed E-state index contributed by atoms with van der Waals surface area (Å²) < 4.78 is 5.44. The smallest absolute Gasteiger partial charge is 0.358 e. The van der Waals surface area contributed by atoms with E-state index in [1.54, 1.807) is 0 Å². The lowest BCUT2D eigenvalue weighted by molar-refractivity contribution is -0.307. The lowest BCUT2D eigenvalue weighted by atomic mass is 9.73. The maximum absolute atomic E-state index is 10.7. The monoisotopic (exact) mass is 579 g/mol. The van der Waals surface area contributed by atoms with Crippen LogP contribution >= 0.6 is 0 Å². The fourth-order valence-corrected chi connectivity index (χ4v) is 6.11. The molecule has 0 amide bonds. The minimum absolute atomic E-state index is 0.228. The minimum Gasteiger partial charge on any atom is -0.546 e. The van der Waals surface area contributed by atoms with Crippen LogP contribution in [0.25, 0.3) is 0 Å². The first-order chi connectivity index (χ1) is 19.6. The van der Waals surface area contributed by atoms with Gasteiger partial charge in [-0.3, -0.25) is 16.0 Å². The van der Waals surface area contributed by atoms with Gasteiger partial charge in [0.05, 0.1) is 18.2 Å². The topological polar surface area (TPSA) is 214 Å². The number of rotatable bonds is 16. The number of hydrogen-bond acceptors (Lipinski definition) is 9. The molecule has 1 aromatic carbocycles. The Hall–Kier alpha value is -2.73. The first kappa shape index (κ1) is 34.5. The summed E-state index contributed by atoms with van der Waals surface area (Å²) >= 11 is 0. The van der Waals surface area contributed by atoms with Crippen molar-refractivity contribution in [3.63, 3.8) is 0 Å². The van der Waals surface area contributed by atoms with Crippen molar-refractivity contribution in [2.24, 2.45) is 29.2 Å². The predicted molar refractivity (Wildman–Crippen MR) is 151 cm³/mol. The van der Waals surface area contributed by atoms with Crippen LogP contribution in [0.15, 0.2) is 18.2 Å². The number of aliphatic hydroxyl groups excluding tert-OH is 2. The summed E-state index contributed by atoms with van der Waals surface area (Å²) in [6, 6.07) is 5.03. The summed E-state index contributed by atoms with van der Waals surface area (Å²) in [6.45, 7) is 1.73. The maximum Gasteiger partial charge on any atom is 0.358 e. The van der Waals surface area contributed by atoms with Crippen molar-refractivity contribution in [1.29, 1.82) is 0 Å². The number of ether oxygens (including phenoxy) is 1. The highest BCUT2D eigenvalue weighted by Crippen LogP contribution is 2.48. The van der Waals surface area contributed by atoms with Gasteiger partial charge in [-0.25, -0.2) is 4.79 Å². The Morgan fingerprint density at radius 3 is 2.54 bits per heavy atom. The van der Waals surface area contributed by atoms with Gasteiger partial charge in [0.1, 0.15) is 18.4 Å². The molecule has 0 saturated heterocycles. The van der Waals surface area contributed by atoms with E-state index in [1.165, 1.54) is 5.56 Å². The standard InChI is InChI=1S/C23H34O5.C7H15N3O3/c1-2-3-4-7-17(24)9-10-18-19-11-15-6-5-8-22(28-14-23(26)27)20(15)12-16(19)13-21(18)25;8-5(7(11)13-12)3-1-2-4-6(9)10/h5-6,8,16-19,21,24-25H,2-4,7,9-14H2,1H3,(H,26,27);5,12H,1-4,8H2,(H3,9,10)/t16-,17-,18+,19-,21+;5-/m00/s1. The Morgan fingerprint density at radius 1 is 1.15 bits per heavy atom. The number of carboxylic acids is 1. The van der Waals surface area contributed by atoms with Gasteiger partial charge >= 0.3 is 5.97 Å². The van der Waals surface area contributed by atoms with Gasteiger partial charge in [0, 0.05) is 6.42 Å². The quantitative estimate of drug-likeness (QED) is 0.0516. The Labute approximate surface area is 242 Å². The van der Waals surface area contributed by atoms with Crippen LogP contribution in [0.1, 0.15) is 88.7 Å². The molecule has 0 spiro atoms. The zero-order valence-electron chi connectivity index (χ0n) is 24.2. The number of aliphatic hydroxyl groups is 2. The molecular formula is C30H49N3O8. The third-order valence-electron chi connectivity index (χ3n) is 8.29. The molecule has 1 fully saturated rings. The van der Waals surface area contributed by atoms with Crippen LogP contribution in [-0.4, -0.2) is 58.1 Å². The summed E-state index contributed by atoms with van der Waals surface area (Å²) in [6.07, 6.45) is 10.3. The summed E-state index contributed by atoms with van der Waals surface area (Å²) in [4.78, 5) is 24.8. The van der Waals surface area contributed by atoms with Crippen molar-refractivity contribution in [1.82, 2.24) is 0 Å². The van der Waals surface area contributed by atoms with E-state index >= 15 is 0 Å². The Balaban J connectivity index is 0.000000383. The van der Waals surface area contributed by atoms with E-state index < -0.39 is 24.6 Å². The molecule has 6 atom stereocenters. The number of fused-ring (bicyclic) bond motifs is 2. The lowest BCUT2D eigenvalue weighted by Crippen LogP contribution is -2.45. The lowest BCUT2D eigenvalue weighted by Gasteiger charge is -2.32. The number of hydrogen-bond donors (Lipinski definition) is 6.